The molecule has 1 aromatic heterocycles. The van der Waals surface area contributed by atoms with Crippen molar-refractivity contribution >= 4 is 78.4 Å². The van der Waals surface area contributed by atoms with Crippen LogP contribution in [0.3, 0.4) is 0 Å². The predicted molar refractivity (Wildman–Crippen MR) is 170 cm³/mol. The average Bonchev–Trinajstić information content (AvgIpc) is 3.47. The molecule has 1 saturated heterocycles. The maximum atomic E-state index is 13.5. The Kier molecular flexibility index (Phi) is 9.07. The van der Waals surface area contributed by atoms with Crippen LogP contribution in [0.25, 0.3) is 10.2 Å². The second kappa shape index (κ2) is 13.3. The number of hydrogen-bond donors (Lipinski definition) is 1. The van der Waals surface area contributed by atoms with Crippen molar-refractivity contribution in [1.82, 2.24) is 15.2 Å². The highest BCUT2D eigenvalue weighted by molar-refractivity contribution is 8.78. The zero-order valence-corrected chi connectivity index (χ0v) is 25.9. The van der Waals surface area contributed by atoms with Crippen LogP contribution in [0.2, 0.25) is 0 Å². The van der Waals surface area contributed by atoms with Crippen LogP contribution in [-0.2, 0) is 25.7 Å². The Morgan fingerprint density at radius 1 is 1.05 bits per heavy atom. The SMILES string of the molecule is O=C(COc1ccccc1)NC1C(=O)N2C(C(=O)OCc3ccc([N+](=O)[O-])cc3)=C(SSc3nc4ccccc4s3)CS[C@@H]12. The number of fused-ring (bicyclic) bond motifs is 2. The summed E-state index contributed by atoms with van der Waals surface area (Å²) in [6, 6.07) is 21.5. The normalized spacial score (nSPS) is 17.5. The van der Waals surface area contributed by atoms with Gasteiger partial charge in [-0.1, -0.05) is 41.1 Å². The number of amides is 2. The molecule has 15 heteroatoms. The number of aromatic nitrogens is 1. The lowest BCUT2D eigenvalue weighted by Gasteiger charge is -2.49. The van der Waals surface area contributed by atoms with Crippen LogP contribution in [0.4, 0.5) is 5.69 Å². The molecule has 4 aromatic rings. The van der Waals surface area contributed by atoms with E-state index in [4.69, 9.17) is 9.47 Å². The van der Waals surface area contributed by atoms with Gasteiger partial charge in [0.1, 0.15) is 29.5 Å². The fourth-order valence-electron chi connectivity index (χ4n) is 4.43. The quantitative estimate of drug-likeness (QED) is 0.0725. The summed E-state index contributed by atoms with van der Waals surface area (Å²) in [6.07, 6.45) is 0. The van der Waals surface area contributed by atoms with Crippen LogP contribution in [0.15, 0.2) is 93.8 Å². The summed E-state index contributed by atoms with van der Waals surface area (Å²) in [6.45, 7) is -0.398. The number of carbonyl (C=O) groups excluding carboxylic acids is 3. The number of para-hydroxylation sites is 2. The summed E-state index contributed by atoms with van der Waals surface area (Å²) in [5.74, 6) is -0.645. The van der Waals surface area contributed by atoms with Gasteiger partial charge in [-0.3, -0.25) is 24.6 Å². The molecule has 3 heterocycles. The molecule has 0 radical (unpaired) electrons. The molecule has 2 aliphatic heterocycles. The predicted octanol–water partition coefficient (Wildman–Crippen LogP) is 5.38. The zero-order chi connectivity index (χ0) is 30.6. The second-order valence-electron chi connectivity index (χ2n) is 9.44. The van der Waals surface area contributed by atoms with E-state index in [-0.39, 0.29) is 24.6 Å². The molecule has 0 saturated carbocycles. The molecule has 6 rings (SSSR count). The first-order chi connectivity index (χ1) is 21.4. The Morgan fingerprint density at radius 3 is 2.55 bits per heavy atom. The number of thioether (sulfide) groups is 1. The minimum Gasteiger partial charge on any atom is -0.484 e. The van der Waals surface area contributed by atoms with Crippen molar-refractivity contribution in [1.29, 1.82) is 0 Å². The van der Waals surface area contributed by atoms with Crippen molar-refractivity contribution in [2.24, 2.45) is 0 Å². The van der Waals surface area contributed by atoms with Crippen molar-refractivity contribution in [2.45, 2.75) is 22.4 Å². The first-order valence-corrected chi connectivity index (χ1v) is 17.1. The molecular formula is C29H22N4O7S4. The van der Waals surface area contributed by atoms with Gasteiger partial charge in [-0.05, 0) is 52.8 Å². The summed E-state index contributed by atoms with van der Waals surface area (Å²) >= 11 is 2.97. The number of benzene rings is 3. The van der Waals surface area contributed by atoms with Crippen LogP contribution < -0.4 is 10.1 Å². The largest absolute Gasteiger partial charge is 0.484 e. The van der Waals surface area contributed by atoms with Gasteiger partial charge in [-0.15, -0.1) is 23.1 Å². The number of nitrogens with one attached hydrogen (secondary N) is 1. The van der Waals surface area contributed by atoms with Gasteiger partial charge in [-0.2, -0.15) is 0 Å². The summed E-state index contributed by atoms with van der Waals surface area (Å²) in [5, 5.41) is 13.2. The van der Waals surface area contributed by atoms with Gasteiger partial charge in [0.25, 0.3) is 17.5 Å². The molecule has 1 unspecified atom stereocenters. The van der Waals surface area contributed by atoms with E-state index >= 15 is 0 Å². The van der Waals surface area contributed by atoms with Crippen molar-refractivity contribution in [3.63, 3.8) is 0 Å². The van der Waals surface area contributed by atoms with Gasteiger partial charge in [-0.25, -0.2) is 9.78 Å². The second-order valence-corrected chi connectivity index (χ2v) is 14.0. The average molecular weight is 667 g/mol. The molecule has 2 atom stereocenters. The maximum Gasteiger partial charge on any atom is 0.356 e. The van der Waals surface area contributed by atoms with Crippen LogP contribution in [0.5, 0.6) is 5.75 Å². The number of nitro benzene ring substituents is 1. The number of esters is 1. The van der Waals surface area contributed by atoms with E-state index in [2.05, 4.69) is 10.3 Å². The Hall–Kier alpha value is -4.05. The molecular weight excluding hydrogens is 645 g/mol. The van der Waals surface area contributed by atoms with Crippen molar-refractivity contribution in [2.75, 3.05) is 12.4 Å². The number of ether oxygens (including phenoxy) is 2. The Morgan fingerprint density at radius 2 is 1.80 bits per heavy atom. The smallest absolute Gasteiger partial charge is 0.356 e. The maximum absolute atomic E-state index is 13.5. The van der Waals surface area contributed by atoms with Crippen LogP contribution >= 0.6 is 44.7 Å². The molecule has 224 valence electrons. The summed E-state index contributed by atoms with van der Waals surface area (Å²) in [4.78, 5) is 56.6. The molecule has 2 aliphatic rings. The molecule has 1 fully saturated rings. The van der Waals surface area contributed by atoms with Crippen molar-refractivity contribution < 1.29 is 28.8 Å². The number of nitro groups is 1. The number of nitrogens with zero attached hydrogens (tertiary/aromatic N) is 3. The molecule has 0 spiro atoms. The molecule has 0 aliphatic carbocycles. The van der Waals surface area contributed by atoms with Crippen LogP contribution in [0.1, 0.15) is 5.56 Å². The highest BCUT2D eigenvalue weighted by atomic mass is 33.1. The Labute approximate surface area is 266 Å². The monoisotopic (exact) mass is 666 g/mol. The van der Waals surface area contributed by atoms with E-state index in [9.17, 15) is 24.5 Å². The highest BCUT2D eigenvalue weighted by Gasteiger charge is 2.54. The standard InChI is InChI=1S/C29H22N4O7S4/c34-23(15-39-19-6-2-1-3-7-19)31-24-26(35)32-25(28(36)40-14-17-10-12-18(13-11-17)33(37)38)22(16-41-27(24)32)43-44-29-30-20-8-4-5-9-21(20)42-29/h1-13,24,27H,14-16H2,(H,31,34)/t24?,27-/m0/s1. The summed E-state index contributed by atoms with van der Waals surface area (Å²) < 4.78 is 12.9. The number of carbonyl (C=O) groups is 3. The third kappa shape index (κ3) is 6.55. The molecule has 1 N–H and O–H groups in total. The number of thiazole rings is 1. The van der Waals surface area contributed by atoms with E-state index in [1.54, 1.807) is 24.3 Å². The Bertz CT molecular complexity index is 1730. The van der Waals surface area contributed by atoms with Gasteiger partial charge < -0.3 is 14.8 Å². The lowest BCUT2D eigenvalue weighted by molar-refractivity contribution is -0.384. The van der Waals surface area contributed by atoms with Gasteiger partial charge in [0, 0.05) is 22.8 Å². The lowest BCUT2D eigenvalue weighted by Crippen LogP contribution is -2.70. The molecule has 11 nitrogen and oxygen atoms in total. The number of β-lactam (4-membered cyclic amide) rings is 1. The first-order valence-electron chi connectivity index (χ1n) is 13.1. The fraction of sp³-hybridized carbons (Fsp3) is 0.172. The van der Waals surface area contributed by atoms with Crippen molar-refractivity contribution in [3.05, 3.63) is 105 Å². The third-order valence-electron chi connectivity index (χ3n) is 6.56. The molecule has 44 heavy (non-hydrogen) atoms. The van der Waals surface area contributed by atoms with Crippen molar-refractivity contribution in [3.8, 4) is 5.75 Å². The first kappa shape index (κ1) is 30.0. The van der Waals surface area contributed by atoms with E-state index in [0.29, 0.717) is 22.0 Å². The van der Waals surface area contributed by atoms with Gasteiger partial charge in [0.2, 0.25) is 0 Å². The van der Waals surface area contributed by atoms with Gasteiger partial charge in [0.05, 0.1) is 15.1 Å². The number of non-ortho nitro benzene ring substituents is 1. The van der Waals surface area contributed by atoms with E-state index in [1.165, 1.54) is 73.9 Å². The zero-order valence-electron chi connectivity index (χ0n) is 22.6. The fourth-order valence-corrected chi connectivity index (χ4v) is 9.60. The highest BCUT2D eigenvalue weighted by Crippen LogP contribution is 2.49. The third-order valence-corrected chi connectivity index (χ3v) is 11.9. The van der Waals surface area contributed by atoms with Crippen LogP contribution in [-0.4, -0.2) is 56.4 Å². The number of hydrogen-bond acceptors (Lipinski definition) is 12. The van der Waals surface area contributed by atoms with E-state index in [1.807, 2.05) is 30.3 Å². The van der Waals surface area contributed by atoms with Gasteiger partial charge >= 0.3 is 5.97 Å². The minimum atomic E-state index is -0.826. The number of rotatable bonds is 11. The topological polar surface area (TPSA) is 141 Å². The minimum absolute atomic E-state index is 0.0751. The van der Waals surface area contributed by atoms with Crippen LogP contribution in [0, 0.1) is 10.1 Å². The van der Waals surface area contributed by atoms with Gasteiger partial charge in [0.15, 0.2) is 10.9 Å². The molecule has 0 bridgehead atoms. The Balaban J connectivity index is 1.17. The van der Waals surface area contributed by atoms with E-state index in [0.717, 1.165) is 14.6 Å². The summed E-state index contributed by atoms with van der Waals surface area (Å²) in [5.41, 5.74) is 1.48. The molecule has 3 aromatic carbocycles. The molecule has 2 amide bonds. The van der Waals surface area contributed by atoms with E-state index < -0.39 is 34.1 Å². The summed E-state index contributed by atoms with van der Waals surface area (Å²) in [7, 11) is 2.73. The lowest BCUT2D eigenvalue weighted by atomic mass is 10.1.